The van der Waals surface area contributed by atoms with Crippen molar-refractivity contribution in [1.82, 2.24) is 0 Å². The van der Waals surface area contributed by atoms with E-state index in [1.54, 1.807) is 13.0 Å². The van der Waals surface area contributed by atoms with Crippen LogP contribution in [0.1, 0.15) is 6.92 Å². The van der Waals surface area contributed by atoms with Crippen LogP contribution in [0.2, 0.25) is 0 Å². The van der Waals surface area contributed by atoms with Gasteiger partial charge >= 0.3 is 5.97 Å². The van der Waals surface area contributed by atoms with Crippen LogP contribution in [0.4, 0.5) is 5.69 Å². The fraction of sp³-hybridized carbons (Fsp3) is 0.417. The molecule has 1 rings (SSSR count). The number of hydrogen-bond acceptors (Lipinski definition) is 5. The SMILES string of the molecule is CCOC(=O)CSCCOc1ccccc1N. The summed E-state index contributed by atoms with van der Waals surface area (Å²) in [5.41, 5.74) is 6.34. The van der Waals surface area contributed by atoms with Gasteiger partial charge in [0.1, 0.15) is 5.75 Å². The zero-order chi connectivity index (χ0) is 12.5. The fourth-order valence-electron chi connectivity index (χ4n) is 1.18. The topological polar surface area (TPSA) is 61.5 Å². The second kappa shape index (κ2) is 7.84. The summed E-state index contributed by atoms with van der Waals surface area (Å²) in [5.74, 6) is 1.59. The van der Waals surface area contributed by atoms with Crippen molar-refractivity contribution >= 4 is 23.4 Å². The molecule has 0 aliphatic carbocycles. The van der Waals surface area contributed by atoms with Crippen molar-refractivity contribution in [3.8, 4) is 5.75 Å². The van der Waals surface area contributed by atoms with Gasteiger partial charge in [0, 0.05) is 5.75 Å². The lowest BCUT2D eigenvalue weighted by Gasteiger charge is -2.07. The Morgan fingerprint density at radius 2 is 2.18 bits per heavy atom. The number of ether oxygens (including phenoxy) is 2. The van der Waals surface area contributed by atoms with Crippen molar-refractivity contribution < 1.29 is 14.3 Å². The van der Waals surface area contributed by atoms with Gasteiger partial charge in [-0.25, -0.2) is 0 Å². The molecule has 0 aliphatic heterocycles. The van der Waals surface area contributed by atoms with E-state index in [2.05, 4.69) is 0 Å². The van der Waals surface area contributed by atoms with E-state index in [0.29, 0.717) is 30.4 Å². The molecule has 0 saturated carbocycles. The third kappa shape index (κ3) is 5.49. The first kappa shape index (κ1) is 13.7. The first-order chi connectivity index (χ1) is 8.24. The number of hydrogen-bond donors (Lipinski definition) is 1. The summed E-state index contributed by atoms with van der Waals surface area (Å²) in [4.78, 5) is 11.0. The van der Waals surface area contributed by atoms with Gasteiger partial charge in [0.15, 0.2) is 0 Å². The van der Waals surface area contributed by atoms with Gasteiger partial charge in [-0.05, 0) is 19.1 Å². The maximum atomic E-state index is 11.0. The lowest BCUT2D eigenvalue weighted by molar-refractivity contribution is -0.139. The minimum Gasteiger partial charge on any atom is -0.491 e. The summed E-state index contributed by atoms with van der Waals surface area (Å²) >= 11 is 1.49. The third-order valence-corrected chi connectivity index (χ3v) is 2.82. The van der Waals surface area contributed by atoms with E-state index in [-0.39, 0.29) is 5.97 Å². The molecular formula is C12H17NO3S. The van der Waals surface area contributed by atoms with Gasteiger partial charge in [0.2, 0.25) is 0 Å². The zero-order valence-corrected chi connectivity index (χ0v) is 10.7. The molecular weight excluding hydrogens is 238 g/mol. The Bertz CT molecular complexity index is 357. The Labute approximate surface area is 105 Å². The van der Waals surface area contributed by atoms with E-state index >= 15 is 0 Å². The highest BCUT2D eigenvalue weighted by Gasteiger charge is 2.02. The van der Waals surface area contributed by atoms with Gasteiger partial charge in [0.25, 0.3) is 0 Å². The van der Waals surface area contributed by atoms with E-state index in [0.717, 1.165) is 5.75 Å². The van der Waals surface area contributed by atoms with E-state index in [1.165, 1.54) is 11.8 Å². The van der Waals surface area contributed by atoms with Crippen molar-refractivity contribution in [3.05, 3.63) is 24.3 Å². The molecule has 0 bridgehead atoms. The first-order valence-corrected chi connectivity index (χ1v) is 6.60. The predicted octanol–water partition coefficient (Wildman–Crippen LogP) is 1.94. The molecule has 0 aromatic heterocycles. The molecule has 1 aromatic carbocycles. The van der Waals surface area contributed by atoms with E-state index in [9.17, 15) is 4.79 Å². The predicted molar refractivity (Wildman–Crippen MR) is 70.3 cm³/mol. The number of esters is 1. The van der Waals surface area contributed by atoms with Crippen molar-refractivity contribution in [2.24, 2.45) is 0 Å². The number of para-hydroxylation sites is 2. The second-order valence-electron chi connectivity index (χ2n) is 3.24. The number of carbonyl (C=O) groups excluding carboxylic acids is 1. The number of nitrogens with two attached hydrogens (primary N) is 1. The molecule has 1 aromatic rings. The van der Waals surface area contributed by atoms with E-state index < -0.39 is 0 Å². The number of nitrogen functional groups attached to an aromatic ring is 1. The van der Waals surface area contributed by atoms with Crippen LogP contribution >= 0.6 is 11.8 Å². The smallest absolute Gasteiger partial charge is 0.315 e. The summed E-state index contributed by atoms with van der Waals surface area (Å²) in [5, 5.41) is 0. The monoisotopic (exact) mass is 255 g/mol. The molecule has 0 unspecified atom stereocenters. The summed E-state index contributed by atoms with van der Waals surface area (Å²) in [6, 6.07) is 7.35. The van der Waals surface area contributed by atoms with Crippen LogP contribution in [0.5, 0.6) is 5.75 Å². The van der Waals surface area contributed by atoms with Crippen molar-refractivity contribution in [2.75, 3.05) is 30.5 Å². The van der Waals surface area contributed by atoms with Crippen LogP contribution in [-0.2, 0) is 9.53 Å². The maximum Gasteiger partial charge on any atom is 0.315 e. The Kier molecular flexibility index (Phi) is 6.32. The standard InChI is InChI=1S/C12H17NO3S/c1-2-15-12(14)9-17-8-7-16-11-6-4-3-5-10(11)13/h3-6H,2,7-9,13H2,1H3. The molecule has 4 nitrogen and oxygen atoms in total. The molecule has 17 heavy (non-hydrogen) atoms. The molecule has 0 saturated heterocycles. The molecule has 0 amide bonds. The minimum absolute atomic E-state index is 0.184. The lowest BCUT2D eigenvalue weighted by atomic mass is 10.3. The number of benzene rings is 1. The Balaban J connectivity index is 2.13. The molecule has 0 radical (unpaired) electrons. The average Bonchev–Trinajstić information content (AvgIpc) is 2.31. The number of thioether (sulfide) groups is 1. The highest BCUT2D eigenvalue weighted by atomic mass is 32.2. The van der Waals surface area contributed by atoms with Crippen molar-refractivity contribution in [3.63, 3.8) is 0 Å². The van der Waals surface area contributed by atoms with Crippen LogP contribution in [-0.4, -0.2) is 30.7 Å². The molecule has 94 valence electrons. The van der Waals surface area contributed by atoms with Crippen LogP contribution in [0.25, 0.3) is 0 Å². The van der Waals surface area contributed by atoms with Gasteiger partial charge in [-0.3, -0.25) is 4.79 Å². The molecule has 0 atom stereocenters. The Morgan fingerprint density at radius 1 is 1.41 bits per heavy atom. The molecule has 0 fully saturated rings. The molecule has 2 N–H and O–H groups in total. The van der Waals surface area contributed by atoms with Crippen molar-refractivity contribution in [2.45, 2.75) is 6.92 Å². The third-order valence-electron chi connectivity index (χ3n) is 1.93. The highest BCUT2D eigenvalue weighted by molar-refractivity contribution is 7.99. The van der Waals surface area contributed by atoms with Crippen LogP contribution in [0, 0.1) is 0 Å². The molecule has 5 heteroatoms. The van der Waals surface area contributed by atoms with Gasteiger partial charge in [0.05, 0.1) is 24.7 Å². The Morgan fingerprint density at radius 3 is 2.88 bits per heavy atom. The average molecular weight is 255 g/mol. The zero-order valence-electron chi connectivity index (χ0n) is 9.85. The quantitative estimate of drug-likeness (QED) is 0.458. The summed E-state index contributed by atoms with van der Waals surface area (Å²) in [6.07, 6.45) is 0. The van der Waals surface area contributed by atoms with Crippen LogP contribution in [0.3, 0.4) is 0 Å². The first-order valence-electron chi connectivity index (χ1n) is 5.44. The van der Waals surface area contributed by atoms with E-state index in [1.807, 2.05) is 18.2 Å². The van der Waals surface area contributed by atoms with Gasteiger partial charge in [-0.1, -0.05) is 12.1 Å². The second-order valence-corrected chi connectivity index (χ2v) is 4.35. The van der Waals surface area contributed by atoms with Crippen LogP contribution < -0.4 is 10.5 Å². The van der Waals surface area contributed by atoms with Crippen molar-refractivity contribution in [1.29, 1.82) is 0 Å². The largest absolute Gasteiger partial charge is 0.491 e. The number of rotatable bonds is 7. The lowest BCUT2D eigenvalue weighted by Crippen LogP contribution is -2.09. The van der Waals surface area contributed by atoms with Crippen LogP contribution in [0.15, 0.2) is 24.3 Å². The highest BCUT2D eigenvalue weighted by Crippen LogP contribution is 2.19. The Hall–Kier alpha value is -1.36. The number of anilines is 1. The maximum absolute atomic E-state index is 11.0. The summed E-state index contributed by atoms with van der Waals surface area (Å²) in [7, 11) is 0. The van der Waals surface area contributed by atoms with Gasteiger partial charge in [-0.2, -0.15) is 0 Å². The normalized spacial score (nSPS) is 9.94. The molecule has 0 heterocycles. The van der Waals surface area contributed by atoms with E-state index in [4.69, 9.17) is 15.2 Å². The van der Waals surface area contributed by atoms with Gasteiger partial charge in [-0.15, -0.1) is 11.8 Å². The fourth-order valence-corrected chi connectivity index (χ4v) is 1.78. The molecule has 0 aliphatic rings. The summed E-state index contributed by atoms with van der Waals surface area (Å²) < 4.78 is 10.3. The van der Waals surface area contributed by atoms with Gasteiger partial charge < -0.3 is 15.2 Å². The number of carbonyl (C=O) groups is 1. The summed E-state index contributed by atoms with van der Waals surface area (Å²) in [6.45, 7) is 2.75. The molecule has 0 spiro atoms. The minimum atomic E-state index is -0.184.